The van der Waals surface area contributed by atoms with Crippen LogP contribution >= 0.6 is 11.6 Å². The van der Waals surface area contributed by atoms with E-state index in [1.54, 1.807) is 24.3 Å². The highest BCUT2D eigenvalue weighted by Gasteiger charge is 2.34. The third kappa shape index (κ3) is 5.55. The molecular weight excluding hydrogens is 437 g/mol. The molecule has 1 aliphatic rings. The number of carbonyl (C=O) groups excluding carboxylic acids is 1. The molecule has 1 aromatic carbocycles. The largest absolute Gasteiger partial charge is 0.481 e. The van der Waals surface area contributed by atoms with Crippen LogP contribution in [0.3, 0.4) is 0 Å². The molecule has 31 heavy (non-hydrogen) atoms. The molecule has 0 radical (unpaired) electrons. The highest BCUT2D eigenvalue weighted by atomic mass is 35.5. The number of aromatic amines is 1. The minimum absolute atomic E-state index is 0.109. The van der Waals surface area contributed by atoms with Crippen molar-refractivity contribution in [1.29, 1.82) is 0 Å². The van der Waals surface area contributed by atoms with Crippen LogP contribution in [0.5, 0.6) is 0 Å². The third-order valence-corrected chi connectivity index (χ3v) is 5.23. The fraction of sp³-hybridized carbons (Fsp3) is 0.286. The van der Waals surface area contributed by atoms with Crippen LogP contribution in [-0.4, -0.2) is 28.0 Å². The molecule has 2 aromatic rings. The van der Waals surface area contributed by atoms with E-state index in [0.717, 1.165) is 6.07 Å². The minimum Gasteiger partial charge on any atom is -0.481 e. The van der Waals surface area contributed by atoms with E-state index in [2.05, 4.69) is 10.3 Å². The van der Waals surface area contributed by atoms with Crippen LogP contribution in [0, 0.1) is 0 Å². The van der Waals surface area contributed by atoms with E-state index in [9.17, 15) is 27.6 Å². The van der Waals surface area contributed by atoms with Gasteiger partial charge in [0.2, 0.25) is 5.91 Å². The molecule has 1 amide bonds. The first-order valence-corrected chi connectivity index (χ1v) is 9.75. The molecule has 3 N–H and O–H groups in total. The second-order valence-corrected chi connectivity index (χ2v) is 7.51. The summed E-state index contributed by atoms with van der Waals surface area (Å²) in [5.41, 5.74) is -0.969. The Kier molecular flexibility index (Phi) is 6.54. The van der Waals surface area contributed by atoms with Crippen LogP contribution < -0.4 is 10.9 Å². The molecule has 0 aliphatic carbocycles. The molecule has 1 saturated heterocycles. The lowest BCUT2D eigenvalue weighted by molar-refractivity contribution is -0.139. The number of benzene rings is 1. The molecule has 10 heteroatoms. The fourth-order valence-corrected chi connectivity index (χ4v) is 3.59. The van der Waals surface area contributed by atoms with Gasteiger partial charge in [-0.3, -0.25) is 14.4 Å². The Balaban J connectivity index is 2.04. The number of hydrogen-bond donors (Lipinski definition) is 3. The van der Waals surface area contributed by atoms with Gasteiger partial charge in [-0.05, 0) is 42.2 Å². The fourth-order valence-electron chi connectivity index (χ4n) is 3.32. The Morgan fingerprint density at radius 2 is 1.97 bits per heavy atom. The maximum Gasteiger partial charge on any atom is 0.421 e. The number of aliphatic carboxylic acids is 1. The summed E-state index contributed by atoms with van der Waals surface area (Å²) in [4.78, 5) is 36.6. The van der Waals surface area contributed by atoms with Crippen LogP contribution in [0.1, 0.15) is 41.6 Å². The van der Waals surface area contributed by atoms with Crippen LogP contribution in [-0.2, 0) is 22.2 Å². The number of carbonyl (C=O) groups is 2. The van der Waals surface area contributed by atoms with E-state index in [1.165, 1.54) is 0 Å². The number of alkyl halides is 3. The second kappa shape index (κ2) is 8.97. The molecule has 1 aliphatic heterocycles. The van der Waals surface area contributed by atoms with Crippen molar-refractivity contribution in [1.82, 2.24) is 10.3 Å². The summed E-state index contributed by atoms with van der Waals surface area (Å²) in [6.45, 7) is 0. The number of carboxylic acids is 1. The zero-order valence-electron chi connectivity index (χ0n) is 16.1. The van der Waals surface area contributed by atoms with Gasteiger partial charge in [-0.25, -0.2) is 0 Å². The molecule has 0 bridgehead atoms. The normalized spacial score (nSPS) is 17.0. The summed E-state index contributed by atoms with van der Waals surface area (Å²) in [5, 5.41) is 11.9. The molecule has 0 spiro atoms. The Labute approximate surface area is 179 Å². The maximum atomic E-state index is 13.0. The van der Waals surface area contributed by atoms with E-state index in [0.29, 0.717) is 35.6 Å². The van der Waals surface area contributed by atoms with Gasteiger partial charge in [-0.15, -0.1) is 0 Å². The van der Waals surface area contributed by atoms with Crippen molar-refractivity contribution in [2.75, 3.05) is 0 Å². The first kappa shape index (κ1) is 22.6. The minimum atomic E-state index is -4.79. The zero-order chi connectivity index (χ0) is 22.8. The molecule has 164 valence electrons. The predicted molar refractivity (Wildman–Crippen MR) is 108 cm³/mol. The SMILES string of the molecule is O=C(O)CCc1ccc(/C(=C\[C@H]2CCC(=O)N2)c2ccc(C(F)(F)F)c(=O)[nH]2)cc1Cl. The average molecular weight is 455 g/mol. The van der Waals surface area contributed by atoms with Crippen LogP contribution in [0.4, 0.5) is 13.2 Å². The van der Waals surface area contributed by atoms with Crippen molar-refractivity contribution in [2.45, 2.75) is 37.9 Å². The standard InChI is InChI=1S/C21H18ClF3N2O4/c22-16-9-12(2-1-11(16)3-8-19(29)30)14(10-13-4-7-18(28)26-13)17-6-5-15(20(31)27-17)21(23,24)25/h1-2,5-6,9-10,13H,3-4,7-8H2,(H,26,28)(H,27,31)(H,29,30)/b14-10+/t13-/m1/s1. The number of carboxylic acid groups (broad SMARTS) is 1. The third-order valence-electron chi connectivity index (χ3n) is 4.87. The number of nitrogens with one attached hydrogen (secondary N) is 2. The number of aromatic nitrogens is 1. The van der Waals surface area contributed by atoms with Crippen LogP contribution in [0.25, 0.3) is 5.57 Å². The first-order chi connectivity index (χ1) is 14.5. The van der Waals surface area contributed by atoms with Gasteiger partial charge >= 0.3 is 12.1 Å². The van der Waals surface area contributed by atoms with E-state index in [-0.39, 0.29) is 35.5 Å². The molecule has 2 heterocycles. The average Bonchev–Trinajstić information content (AvgIpc) is 3.09. The number of hydrogen-bond acceptors (Lipinski definition) is 3. The number of H-pyrrole nitrogens is 1. The number of rotatable bonds is 6. The molecule has 0 saturated carbocycles. The summed E-state index contributed by atoms with van der Waals surface area (Å²) >= 11 is 6.29. The highest BCUT2D eigenvalue weighted by Crippen LogP contribution is 2.30. The number of pyridine rings is 1. The topological polar surface area (TPSA) is 99.3 Å². The van der Waals surface area contributed by atoms with Crippen molar-refractivity contribution in [3.63, 3.8) is 0 Å². The smallest absolute Gasteiger partial charge is 0.421 e. The van der Waals surface area contributed by atoms with E-state index < -0.39 is 23.3 Å². The Morgan fingerprint density at radius 1 is 1.23 bits per heavy atom. The van der Waals surface area contributed by atoms with E-state index in [1.807, 2.05) is 0 Å². The maximum absolute atomic E-state index is 13.0. The van der Waals surface area contributed by atoms with Gasteiger partial charge in [0, 0.05) is 35.2 Å². The summed E-state index contributed by atoms with van der Waals surface area (Å²) in [6, 6.07) is 6.32. The lowest BCUT2D eigenvalue weighted by Gasteiger charge is -2.14. The number of halogens is 4. The zero-order valence-corrected chi connectivity index (χ0v) is 16.8. The van der Waals surface area contributed by atoms with Crippen molar-refractivity contribution in [3.05, 3.63) is 74.2 Å². The molecule has 1 aromatic heterocycles. The van der Waals surface area contributed by atoms with E-state index in [4.69, 9.17) is 16.7 Å². The number of amides is 1. The molecular formula is C21H18ClF3N2O4. The van der Waals surface area contributed by atoms with Gasteiger partial charge in [-0.2, -0.15) is 13.2 Å². The first-order valence-electron chi connectivity index (χ1n) is 9.37. The molecule has 3 rings (SSSR count). The predicted octanol–water partition coefficient (Wildman–Crippen LogP) is 3.77. The molecule has 0 unspecified atom stereocenters. The molecule has 1 atom stereocenters. The van der Waals surface area contributed by atoms with Crippen molar-refractivity contribution in [3.8, 4) is 0 Å². The molecule has 1 fully saturated rings. The van der Waals surface area contributed by atoms with Crippen LogP contribution in [0.2, 0.25) is 5.02 Å². The Bertz CT molecular complexity index is 1110. The highest BCUT2D eigenvalue weighted by molar-refractivity contribution is 6.31. The van der Waals surface area contributed by atoms with Gasteiger partial charge in [0.05, 0.1) is 0 Å². The summed E-state index contributed by atoms with van der Waals surface area (Å²) < 4.78 is 38.9. The Morgan fingerprint density at radius 3 is 2.52 bits per heavy atom. The summed E-state index contributed by atoms with van der Waals surface area (Å²) in [7, 11) is 0. The second-order valence-electron chi connectivity index (χ2n) is 7.11. The van der Waals surface area contributed by atoms with Crippen molar-refractivity contribution < 1.29 is 27.9 Å². The van der Waals surface area contributed by atoms with Crippen molar-refractivity contribution >= 4 is 29.1 Å². The summed E-state index contributed by atoms with van der Waals surface area (Å²) in [6.07, 6.45) is -2.22. The van der Waals surface area contributed by atoms with Gasteiger partial charge < -0.3 is 15.4 Å². The summed E-state index contributed by atoms with van der Waals surface area (Å²) in [5.74, 6) is -1.12. The van der Waals surface area contributed by atoms with Crippen molar-refractivity contribution in [2.24, 2.45) is 0 Å². The molecule has 6 nitrogen and oxygen atoms in total. The lowest BCUT2D eigenvalue weighted by Crippen LogP contribution is -2.24. The van der Waals surface area contributed by atoms with Gasteiger partial charge in [0.15, 0.2) is 0 Å². The Hall–Kier alpha value is -3.07. The monoisotopic (exact) mass is 454 g/mol. The van der Waals surface area contributed by atoms with E-state index >= 15 is 0 Å². The van der Waals surface area contributed by atoms with Gasteiger partial charge in [0.25, 0.3) is 5.56 Å². The quantitative estimate of drug-likeness (QED) is 0.618. The van der Waals surface area contributed by atoms with Gasteiger partial charge in [0.1, 0.15) is 5.56 Å². The lowest BCUT2D eigenvalue weighted by atomic mass is 9.96. The van der Waals surface area contributed by atoms with Crippen LogP contribution in [0.15, 0.2) is 41.2 Å². The van der Waals surface area contributed by atoms with Gasteiger partial charge in [-0.1, -0.05) is 29.8 Å². The number of aryl methyl sites for hydroxylation is 1.